The molecule has 0 radical (unpaired) electrons. The zero-order chi connectivity index (χ0) is 16.8. The third kappa shape index (κ3) is 5.22. The lowest BCUT2D eigenvalue weighted by Gasteiger charge is -2.07. The fourth-order valence-electron chi connectivity index (χ4n) is 1.63. The third-order valence-electron chi connectivity index (χ3n) is 2.69. The topological polar surface area (TPSA) is 110 Å². The summed E-state index contributed by atoms with van der Waals surface area (Å²) in [5.74, 6) is -1.28. The Kier molecular flexibility index (Phi) is 5.47. The molecule has 0 aliphatic rings. The molecule has 2 N–H and O–H groups in total. The second kappa shape index (κ2) is 7.54. The van der Waals surface area contributed by atoms with E-state index in [1.807, 2.05) is 4.98 Å². The quantitative estimate of drug-likeness (QED) is 0.731. The van der Waals surface area contributed by atoms with Gasteiger partial charge in [0.2, 0.25) is 0 Å². The van der Waals surface area contributed by atoms with Crippen LogP contribution in [0.3, 0.4) is 0 Å². The molecule has 1 amide bonds. The Morgan fingerprint density at radius 1 is 1.17 bits per heavy atom. The molecule has 8 nitrogen and oxygen atoms in total. The molecule has 2 aromatic rings. The van der Waals surface area contributed by atoms with Crippen molar-refractivity contribution in [1.82, 2.24) is 9.55 Å². The predicted molar refractivity (Wildman–Crippen MR) is 85.1 cm³/mol. The van der Waals surface area contributed by atoms with Gasteiger partial charge < -0.3 is 10.1 Å². The number of hydrogen-bond donors (Lipinski definition) is 2. The maximum absolute atomic E-state index is 11.6. The largest absolute Gasteiger partial charge is 0.454 e. The number of aromatic nitrogens is 2. The van der Waals surface area contributed by atoms with Crippen molar-refractivity contribution in [3.8, 4) is 0 Å². The fourth-order valence-corrected chi connectivity index (χ4v) is 1.89. The first-order valence-electron chi connectivity index (χ1n) is 6.45. The molecule has 23 heavy (non-hydrogen) atoms. The van der Waals surface area contributed by atoms with E-state index in [4.69, 9.17) is 4.74 Å². The Bertz CT molecular complexity index is 825. The van der Waals surface area contributed by atoms with Crippen molar-refractivity contribution in [2.45, 2.75) is 6.54 Å². The highest BCUT2D eigenvalue weighted by Gasteiger charge is 2.09. The first-order chi connectivity index (χ1) is 10.9. The van der Waals surface area contributed by atoms with Gasteiger partial charge in [-0.25, -0.2) is 4.79 Å². The van der Waals surface area contributed by atoms with E-state index in [1.54, 1.807) is 24.3 Å². The van der Waals surface area contributed by atoms with Gasteiger partial charge in [-0.05, 0) is 24.3 Å². The molecule has 120 valence electrons. The van der Waals surface area contributed by atoms with Crippen molar-refractivity contribution >= 4 is 33.5 Å². The van der Waals surface area contributed by atoms with Crippen molar-refractivity contribution in [3.63, 3.8) is 0 Å². The van der Waals surface area contributed by atoms with E-state index < -0.39 is 36.3 Å². The van der Waals surface area contributed by atoms with E-state index in [0.717, 1.165) is 15.1 Å². The normalized spacial score (nSPS) is 10.1. The van der Waals surface area contributed by atoms with Gasteiger partial charge in [0.1, 0.15) is 6.54 Å². The number of halogens is 1. The van der Waals surface area contributed by atoms with E-state index in [0.29, 0.717) is 5.69 Å². The van der Waals surface area contributed by atoms with E-state index in [1.165, 1.54) is 6.20 Å². The van der Waals surface area contributed by atoms with Gasteiger partial charge in [-0.2, -0.15) is 0 Å². The molecule has 1 heterocycles. The summed E-state index contributed by atoms with van der Waals surface area (Å²) in [6, 6.07) is 7.98. The second-order valence-electron chi connectivity index (χ2n) is 4.45. The Morgan fingerprint density at radius 2 is 1.87 bits per heavy atom. The van der Waals surface area contributed by atoms with Crippen molar-refractivity contribution in [1.29, 1.82) is 0 Å². The van der Waals surface area contributed by atoms with E-state index in [2.05, 4.69) is 21.2 Å². The number of anilines is 1. The van der Waals surface area contributed by atoms with Crippen LogP contribution in [-0.2, 0) is 20.9 Å². The predicted octanol–water partition coefficient (Wildman–Crippen LogP) is 0.481. The van der Waals surface area contributed by atoms with Crippen LogP contribution in [0, 0.1) is 0 Å². The van der Waals surface area contributed by atoms with Crippen molar-refractivity contribution in [2.24, 2.45) is 0 Å². The highest BCUT2D eigenvalue weighted by atomic mass is 79.9. The highest BCUT2D eigenvalue weighted by Crippen LogP contribution is 2.13. The molecule has 9 heteroatoms. The summed E-state index contributed by atoms with van der Waals surface area (Å²) >= 11 is 3.27. The summed E-state index contributed by atoms with van der Waals surface area (Å²) in [6.07, 6.45) is 1.17. The number of ether oxygens (including phenoxy) is 1. The van der Waals surface area contributed by atoms with Crippen LogP contribution in [0.2, 0.25) is 0 Å². The number of aromatic amines is 1. The summed E-state index contributed by atoms with van der Waals surface area (Å²) in [5.41, 5.74) is -0.728. The average molecular weight is 382 g/mol. The zero-order valence-electron chi connectivity index (χ0n) is 11.7. The van der Waals surface area contributed by atoms with Gasteiger partial charge >= 0.3 is 11.7 Å². The molecule has 1 aromatic carbocycles. The van der Waals surface area contributed by atoms with Crippen molar-refractivity contribution in [3.05, 3.63) is 61.8 Å². The van der Waals surface area contributed by atoms with Crippen LogP contribution in [0.15, 0.2) is 50.6 Å². The Morgan fingerprint density at radius 3 is 2.52 bits per heavy atom. The van der Waals surface area contributed by atoms with Crippen LogP contribution in [0.4, 0.5) is 5.69 Å². The zero-order valence-corrected chi connectivity index (χ0v) is 13.3. The molecule has 0 aliphatic carbocycles. The number of nitrogens with one attached hydrogen (secondary N) is 2. The van der Waals surface area contributed by atoms with E-state index in [9.17, 15) is 19.2 Å². The molecule has 0 bridgehead atoms. The van der Waals surface area contributed by atoms with Crippen LogP contribution >= 0.6 is 15.9 Å². The van der Waals surface area contributed by atoms with Crippen LogP contribution in [0.25, 0.3) is 0 Å². The molecule has 0 atom stereocenters. The summed E-state index contributed by atoms with van der Waals surface area (Å²) in [6.45, 7) is -0.881. The number of rotatable bonds is 5. The number of H-pyrrole nitrogens is 1. The molecule has 0 unspecified atom stereocenters. The Labute approximate surface area is 138 Å². The van der Waals surface area contributed by atoms with Crippen LogP contribution in [0.1, 0.15) is 0 Å². The fraction of sp³-hybridized carbons (Fsp3) is 0.143. The van der Waals surface area contributed by atoms with E-state index >= 15 is 0 Å². The van der Waals surface area contributed by atoms with Gasteiger partial charge in [0.25, 0.3) is 11.5 Å². The van der Waals surface area contributed by atoms with Gasteiger partial charge in [0.15, 0.2) is 6.61 Å². The molecule has 0 fully saturated rings. The summed E-state index contributed by atoms with van der Waals surface area (Å²) < 4.78 is 6.61. The summed E-state index contributed by atoms with van der Waals surface area (Å²) in [7, 11) is 0. The first-order valence-corrected chi connectivity index (χ1v) is 7.24. The van der Waals surface area contributed by atoms with Crippen LogP contribution in [0.5, 0.6) is 0 Å². The molecule has 0 spiro atoms. The molecule has 0 aliphatic heterocycles. The molecular formula is C14H12BrN3O5. The minimum atomic E-state index is -0.773. The smallest absolute Gasteiger partial charge is 0.328 e. The van der Waals surface area contributed by atoms with Gasteiger partial charge in [0.05, 0.1) is 0 Å². The standard InChI is InChI=1S/C14H12BrN3O5/c15-9-1-3-10(4-2-9)16-12(20)8-23-13(21)7-18-6-5-11(19)17-14(18)22/h1-6H,7-8H2,(H,16,20)(H,17,19,22). The van der Waals surface area contributed by atoms with Gasteiger partial charge in [-0.3, -0.25) is 23.9 Å². The number of carbonyl (C=O) groups is 2. The monoisotopic (exact) mass is 381 g/mol. The maximum atomic E-state index is 11.6. The minimum Gasteiger partial charge on any atom is -0.454 e. The lowest BCUT2D eigenvalue weighted by molar-refractivity contribution is -0.148. The average Bonchev–Trinajstić information content (AvgIpc) is 2.50. The Hall–Kier alpha value is -2.68. The molecular weight excluding hydrogens is 370 g/mol. The minimum absolute atomic E-state index is 0.402. The molecule has 0 saturated heterocycles. The highest BCUT2D eigenvalue weighted by molar-refractivity contribution is 9.10. The lowest BCUT2D eigenvalue weighted by Crippen LogP contribution is -2.32. The number of hydrogen-bond acceptors (Lipinski definition) is 5. The SMILES string of the molecule is O=C(COC(=O)Cn1ccc(=O)[nH]c1=O)Nc1ccc(Br)cc1. The number of carbonyl (C=O) groups excluding carboxylic acids is 2. The first kappa shape index (κ1) is 16.7. The van der Waals surface area contributed by atoms with Gasteiger partial charge in [0, 0.05) is 22.4 Å². The van der Waals surface area contributed by atoms with Crippen molar-refractivity contribution < 1.29 is 14.3 Å². The number of benzene rings is 1. The number of esters is 1. The van der Waals surface area contributed by atoms with Crippen LogP contribution in [-0.4, -0.2) is 28.0 Å². The van der Waals surface area contributed by atoms with Gasteiger partial charge in [-0.15, -0.1) is 0 Å². The molecule has 2 rings (SSSR count). The van der Waals surface area contributed by atoms with E-state index in [-0.39, 0.29) is 0 Å². The molecule has 1 aromatic heterocycles. The summed E-state index contributed by atoms with van der Waals surface area (Å²) in [4.78, 5) is 47.5. The number of nitrogens with zero attached hydrogens (tertiary/aromatic N) is 1. The van der Waals surface area contributed by atoms with Crippen molar-refractivity contribution in [2.75, 3.05) is 11.9 Å². The third-order valence-corrected chi connectivity index (χ3v) is 3.22. The van der Waals surface area contributed by atoms with Gasteiger partial charge in [-0.1, -0.05) is 15.9 Å². The molecule has 0 saturated carbocycles. The maximum Gasteiger partial charge on any atom is 0.328 e. The lowest BCUT2D eigenvalue weighted by atomic mass is 10.3. The second-order valence-corrected chi connectivity index (χ2v) is 5.37. The van der Waals surface area contributed by atoms with Crippen LogP contribution < -0.4 is 16.6 Å². The number of amides is 1. The Balaban J connectivity index is 1.84. The summed E-state index contributed by atoms with van der Waals surface area (Å²) in [5, 5.41) is 2.55.